The van der Waals surface area contributed by atoms with Crippen LogP contribution in [-0.4, -0.2) is 11.1 Å². The van der Waals surface area contributed by atoms with E-state index < -0.39 is 0 Å². The van der Waals surface area contributed by atoms with Gasteiger partial charge in [-0.1, -0.05) is 50.1 Å². The zero-order valence-corrected chi connectivity index (χ0v) is 13.2. The van der Waals surface area contributed by atoms with Crippen molar-refractivity contribution in [2.75, 3.05) is 5.33 Å². The molecule has 1 nitrogen and oxygen atoms in total. The van der Waals surface area contributed by atoms with Crippen molar-refractivity contribution in [2.24, 2.45) is 0 Å². The number of fused-ring (bicyclic) bond motifs is 2. The van der Waals surface area contributed by atoms with Gasteiger partial charge in [0.15, 0.2) is 5.78 Å². The van der Waals surface area contributed by atoms with Crippen LogP contribution in [-0.2, 0) is 0 Å². The molecule has 0 saturated carbocycles. The van der Waals surface area contributed by atoms with Crippen LogP contribution in [0, 0.1) is 0 Å². The summed E-state index contributed by atoms with van der Waals surface area (Å²) in [5, 5.41) is 4.98. The van der Waals surface area contributed by atoms with Gasteiger partial charge in [0.1, 0.15) is 0 Å². The molecule has 0 aromatic heterocycles. The topological polar surface area (TPSA) is 17.1 Å². The molecule has 0 amide bonds. The van der Waals surface area contributed by atoms with Crippen LogP contribution < -0.4 is 0 Å². The maximum Gasteiger partial charge on any atom is 0.173 e. The Balaban J connectivity index is 2.26. The first-order chi connectivity index (χ1) is 9.17. The zero-order chi connectivity index (χ0) is 13.4. The van der Waals surface area contributed by atoms with Crippen LogP contribution >= 0.6 is 31.9 Å². The molecule has 0 spiro atoms. The summed E-state index contributed by atoms with van der Waals surface area (Å²) in [6.07, 6.45) is 0. The smallest absolute Gasteiger partial charge is 0.173 e. The summed E-state index contributed by atoms with van der Waals surface area (Å²) in [4.78, 5) is 11.7. The molecule has 0 radical (unpaired) electrons. The van der Waals surface area contributed by atoms with Gasteiger partial charge in [-0.2, -0.15) is 0 Å². The summed E-state index contributed by atoms with van der Waals surface area (Å²) in [7, 11) is 0. The minimum atomic E-state index is 0.109. The lowest BCUT2D eigenvalue weighted by Gasteiger charge is -2.05. The van der Waals surface area contributed by atoms with Crippen molar-refractivity contribution in [1.29, 1.82) is 0 Å². The van der Waals surface area contributed by atoms with Gasteiger partial charge in [-0.05, 0) is 51.9 Å². The van der Waals surface area contributed by atoms with E-state index in [1.165, 1.54) is 10.8 Å². The largest absolute Gasteiger partial charge is 0.293 e. The van der Waals surface area contributed by atoms with Gasteiger partial charge in [-0.3, -0.25) is 4.79 Å². The van der Waals surface area contributed by atoms with E-state index in [0.29, 0.717) is 5.33 Å². The first-order valence-electron chi connectivity index (χ1n) is 5.89. The lowest BCUT2D eigenvalue weighted by molar-refractivity contribution is 0.102. The molecule has 0 fully saturated rings. The molecule has 3 aromatic rings. The van der Waals surface area contributed by atoms with E-state index in [2.05, 4.69) is 56.1 Å². The molecule has 0 N–H and O–H groups in total. The van der Waals surface area contributed by atoms with E-state index in [1.807, 2.05) is 24.3 Å². The molecule has 0 heterocycles. The quantitative estimate of drug-likeness (QED) is 0.335. The van der Waals surface area contributed by atoms with E-state index in [1.54, 1.807) is 0 Å². The van der Waals surface area contributed by atoms with Gasteiger partial charge in [-0.15, -0.1) is 0 Å². The van der Waals surface area contributed by atoms with E-state index in [9.17, 15) is 4.79 Å². The maximum atomic E-state index is 11.7. The number of alkyl halides is 1. The zero-order valence-electron chi connectivity index (χ0n) is 9.99. The van der Waals surface area contributed by atoms with Crippen molar-refractivity contribution >= 4 is 59.2 Å². The fourth-order valence-electron chi connectivity index (χ4n) is 2.22. The summed E-state index contributed by atoms with van der Waals surface area (Å²) in [5.74, 6) is 0.109. The van der Waals surface area contributed by atoms with Crippen molar-refractivity contribution in [3.05, 3.63) is 58.6 Å². The number of rotatable bonds is 2. The summed E-state index contributed by atoms with van der Waals surface area (Å²) in [5.41, 5.74) is 0.751. The number of carbonyl (C=O) groups is 1. The Morgan fingerprint density at radius 1 is 0.842 bits per heavy atom. The highest BCUT2D eigenvalue weighted by molar-refractivity contribution is 9.10. The molecular formula is C16H10Br2O. The van der Waals surface area contributed by atoms with Gasteiger partial charge in [0.05, 0.1) is 5.33 Å². The minimum Gasteiger partial charge on any atom is -0.293 e. The van der Waals surface area contributed by atoms with Gasteiger partial charge in [-0.25, -0.2) is 0 Å². The summed E-state index contributed by atoms with van der Waals surface area (Å²) in [6, 6.07) is 16.3. The number of benzene rings is 3. The number of carbonyl (C=O) groups excluding carboxylic acids is 1. The van der Waals surface area contributed by atoms with Gasteiger partial charge >= 0.3 is 0 Å². The second-order valence-corrected chi connectivity index (χ2v) is 5.94. The molecule has 3 aromatic carbocycles. The molecule has 0 bridgehead atoms. The molecule has 0 saturated heterocycles. The first kappa shape index (κ1) is 12.8. The third kappa shape index (κ3) is 2.45. The van der Waals surface area contributed by atoms with E-state index in [-0.39, 0.29) is 5.78 Å². The molecule has 0 atom stereocenters. The van der Waals surface area contributed by atoms with Crippen molar-refractivity contribution in [3.63, 3.8) is 0 Å². The molecule has 0 aliphatic rings. The Labute approximate surface area is 127 Å². The molecule has 0 aliphatic carbocycles. The average molecular weight is 378 g/mol. The van der Waals surface area contributed by atoms with Crippen LogP contribution in [0.5, 0.6) is 0 Å². The van der Waals surface area contributed by atoms with E-state index in [4.69, 9.17) is 0 Å². The van der Waals surface area contributed by atoms with Crippen LogP contribution in [0.2, 0.25) is 0 Å². The molecule has 94 valence electrons. The third-order valence-corrected chi connectivity index (χ3v) is 4.20. The van der Waals surface area contributed by atoms with Gasteiger partial charge in [0, 0.05) is 10.0 Å². The lowest BCUT2D eigenvalue weighted by Crippen LogP contribution is -1.99. The Morgan fingerprint density at radius 3 is 2.16 bits per heavy atom. The highest BCUT2D eigenvalue weighted by Crippen LogP contribution is 2.26. The molecule has 3 heteroatoms. The van der Waals surface area contributed by atoms with Gasteiger partial charge in [0.25, 0.3) is 0 Å². The number of hydrogen-bond donors (Lipinski definition) is 0. The molecule has 19 heavy (non-hydrogen) atoms. The van der Waals surface area contributed by atoms with Crippen LogP contribution in [0.15, 0.2) is 53.0 Å². The number of hydrogen-bond acceptors (Lipinski definition) is 1. The fourth-order valence-corrected chi connectivity index (χ4v) is 2.92. The predicted octanol–water partition coefficient (Wildman–Crippen LogP) is 5.33. The fraction of sp³-hybridized carbons (Fsp3) is 0.0625. The Bertz CT molecular complexity index is 793. The Hall–Kier alpha value is -1.19. The molecular weight excluding hydrogens is 368 g/mol. The highest BCUT2D eigenvalue weighted by atomic mass is 79.9. The van der Waals surface area contributed by atoms with E-state index in [0.717, 1.165) is 20.8 Å². The number of halogens is 2. The average Bonchev–Trinajstić information content (AvgIpc) is 2.43. The summed E-state index contributed by atoms with van der Waals surface area (Å²) in [6.45, 7) is 0. The predicted molar refractivity (Wildman–Crippen MR) is 87.3 cm³/mol. The van der Waals surface area contributed by atoms with Crippen LogP contribution in [0.1, 0.15) is 10.4 Å². The molecule has 0 unspecified atom stereocenters. The van der Waals surface area contributed by atoms with Crippen molar-refractivity contribution in [2.45, 2.75) is 0 Å². The van der Waals surface area contributed by atoms with Crippen molar-refractivity contribution in [3.8, 4) is 0 Å². The van der Waals surface area contributed by atoms with Crippen LogP contribution in [0.4, 0.5) is 0 Å². The number of Topliss-reactive ketones (excluding diaryl/α,β-unsaturated/α-hetero) is 1. The van der Waals surface area contributed by atoms with Crippen molar-refractivity contribution < 1.29 is 4.79 Å². The third-order valence-electron chi connectivity index (χ3n) is 3.20. The second kappa shape index (κ2) is 5.06. The second-order valence-electron chi connectivity index (χ2n) is 4.46. The van der Waals surface area contributed by atoms with Gasteiger partial charge < -0.3 is 0 Å². The summed E-state index contributed by atoms with van der Waals surface area (Å²) >= 11 is 6.70. The normalized spacial score (nSPS) is 11.1. The van der Waals surface area contributed by atoms with Crippen LogP contribution in [0.3, 0.4) is 0 Å². The molecule has 3 rings (SSSR count). The van der Waals surface area contributed by atoms with Crippen molar-refractivity contribution in [1.82, 2.24) is 0 Å². The SMILES string of the molecule is O=C(CBr)c1ccc2cc3cc(Br)ccc3cc2c1. The first-order valence-corrected chi connectivity index (χ1v) is 7.81. The van der Waals surface area contributed by atoms with E-state index >= 15 is 0 Å². The molecule has 0 aliphatic heterocycles. The number of ketones is 1. The lowest BCUT2D eigenvalue weighted by atomic mass is 10.0. The minimum absolute atomic E-state index is 0.109. The van der Waals surface area contributed by atoms with Gasteiger partial charge in [0.2, 0.25) is 0 Å². The monoisotopic (exact) mass is 376 g/mol. The maximum absolute atomic E-state index is 11.7. The Kier molecular flexibility index (Phi) is 3.42. The Morgan fingerprint density at radius 2 is 1.47 bits per heavy atom. The van der Waals surface area contributed by atoms with Crippen LogP contribution in [0.25, 0.3) is 21.5 Å². The highest BCUT2D eigenvalue weighted by Gasteiger charge is 2.05. The standard InChI is InChI=1S/C16H10Br2O/c17-9-16(19)12-2-1-10-6-14-8-15(18)4-3-11(14)5-13(10)7-12/h1-8H,9H2. The summed E-state index contributed by atoms with van der Waals surface area (Å²) < 4.78 is 1.07.